The number of anilines is 1. The van der Waals surface area contributed by atoms with Crippen LogP contribution >= 0.6 is 0 Å². The van der Waals surface area contributed by atoms with Crippen LogP contribution in [0.15, 0.2) is 47.4 Å². The van der Waals surface area contributed by atoms with Crippen LogP contribution in [0.5, 0.6) is 5.75 Å². The molecule has 2 rings (SSSR count). The van der Waals surface area contributed by atoms with Gasteiger partial charge >= 0.3 is 0 Å². The van der Waals surface area contributed by atoms with Crippen molar-refractivity contribution in [2.45, 2.75) is 11.8 Å². The Labute approximate surface area is 139 Å². The number of hydrogen-bond acceptors (Lipinski definition) is 4. The van der Waals surface area contributed by atoms with E-state index in [9.17, 15) is 17.6 Å². The Kier molecular flexibility index (Phi) is 5.53. The fourth-order valence-electron chi connectivity index (χ4n) is 1.96. The first kappa shape index (κ1) is 17.9. The molecule has 2 N–H and O–H groups in total. The van der Waals surface area contributed by atoms with Gasteiger partial charge in [-0.3, -0.25) is 4.79 Å². The van der Waals surface area contributed by atoms with Gasteiger partial charge in [-0.1, -0.05) is 0 Å². The minimum absolute atomic E-state index is 0.0223. The summed E-state index contributed by atoms with van der Waals surface area (Å²) in [6.07, 6.45) is 0. The monoisotopic (exact) mass is 352 g/mol. The molecule has 24 heavy (non-hydrogen) atoms. The van der Waals surface area contributed by atoms with E-state index < -0.39 is 28.3 Å². The molecule has 0 atom stereocenters. The van der Waals surface area contributed by atoms with Gasteiger partial charge in [0.2, 0.25) is 15.9 Å². The number of halogens is 1. The van der Waals surface area contributed by atoms with E-state index in [0.29, 0.717) is 17.0 Å². The Morgan fingerprint density at radius 3 is 2.42 bits per heavy atom. The summed E-state index contributed by atoms with van der Waals surface area (Å²) in [5.74, 6) is -0.439. The zero-order valence-corrected chi connectivity index (χ0v) is 14.0. The Hall–Kier alpha value is -2.45. The van der Waals surface area contributed by atoms with E-state index in [-0.39, 0.29) is 4.90 Å². The predicted octanol–water partition coefficient (Wildman–Crippen LogP) is 2.06. The van der Waals surface area contributed by atoms with Gasteiger partial charge in [-0.25, -0.2) is 17.5 Å². The molecule has 0 saturated carbocycles. The van der Waals surface area contributed by atoms with Crippen LogP contribution in [0.2, 0.25) is 0 Å². The van der Waals surface area contributed by atoms with Gasteiger partial charge in [0.05, 0.1) is 18.6 Å². The third kappa shape index (κ3) is 4.53. The van der Waals surface area contributed by atoms with Crippen LogP contribution in [-0.4, -0.2) is 28.0 Å². The van der Waals surface area contributed by atoms with Gasteiger partial charge in [0.1, 0.15) is 11.6 Å². The molecule has 0 aliphatic heterocycles. The van der Waals surface area contributed by atoms with Crippen molar-refractivity contribution < 1.29 is 22.3 Å². The average Bonchev–Trinajstić information content (AvgIpc) is 2.56. The third-order valence-electron chi connectivity index (χ3n) is 3.26. The van der Waals surface area contributed by atoms with Crippen molar-refractivity contribution in [3.63, 3.8) is 0 Å². The molecule has 1 amide bonds. The van der Waals surface area contributed by atoms with Crippen molar-refractivity contribution >= 4 is 21.6 Å². The van der Waals surface area contributed by atoms with E-state index in [1.165, 1.54) is 49.6 Å². The van der Waals surface area contributed by atoms with Crippen LogP contribution in [-0.2, 0) is 14.8 Å². The summed E-state index contributed by atoms with van der Waals surface area (Å²) in [6, 6.07) is 9.68. The number of hydrogen-bond donors (Lipinski definition) is 2. The van der Waals surface area contributed by atoms with Crippen molar-refractivity contribution in [1.29, 1.82) is 0 Å². The fourth-order valence-corrected chi connectivity index (χ4v) is 2.94. The number of methoxy groups -OCH3 is 1. The van der Waals surface area contributed by atoms with E-state index >= 15 is 0 Å². The molecule has 8 heteroatoms. The van der Waals surface area contributed by atoms with Crippen LogP contribution in [0.1, 0.15) is 5.56 Å². The smallest absolute Gasteiger partial charge is 0.241 e. The highest BCUT2D eigenvalue weighted by molar-refractivity contribution is 7.89. The van der Waals surface area contributed by atoms with E-state index in [1.807, 2.05) is 0 Å². The van der Waals surface area contributed by atoms with Crippen molar-refractivity contribution in [1.82, 2.24) is 4.72 Å². The van der Waals surface area contributed by atoms with E-state index in [4.69, 9.17) is 4.74 Å². The zero-order valence-electron chi connectivity index (χ0n) is 13.2. The van der Waals surface area contributed by atoms with Gasteiger partial charge in [0.15, 0.2) is 0 Å². The van der Waals surface area contributed by atoms with Crippen LogP contribution < -0.4 is 14.8 Å². The second-order valence-electron chi connectivity index (χ2n) is 5.01. The van der Waals surface area contributed by atoms with Gasteiger partial charge in [-0.05, 0) is 55.0 Å². The molecular formula is C16H17FN2O4S. The Morgan fingerprint density at radius 1 is 1.17 bits per heavy atom. The molecule has 0 aliphatic carbocycles. The molecule has 0 aromatic heterocycles. The Balaban J connectivity index is 1.99. The van der Waals surface area contributed by atoms with Gasteiger partial charge in [0.25, 0.3) is 0 Å². The van der Waals surface area contributed by atoms with Gasteiger partial charge in [-0.15, -0.1) is 0 Å². The molecule has 0 fully saturated rings. The molecule has 0 bridgehead atoms. The molecule has 128 valence electrons. The first-order valence-corrected chi connectivity index (χ1v) is 8.50. The molecular weight excluding hydrogens is 335 g/mol. The summed E-state index contributed by atoms with van der Waals surface area (Å²) in [4.78, 5) is 11.9. The molecule has 0 heterocycles. The van der Waals surface area contributed by atoms with Gasteiger partial charge < -0.3 is 10.1 Å². The summed E-state index contributed by atoms with van der Waals surface area (Å²) in [6.45, 7) is 1.20. The minimum atomic E-state index is -3.82. The van der Waals surface area contributed by atoms with Crippen LogP contribution in [0, 0.1) is 12.7 Å². The first-order chi connectivity index (χ1) is 11.3. The van der Waals surface area contributed by atoms with Crippen molar-refractivity contribution in [2.24, 2.45) is 0 Å². The largest absolute Gasteiger partial charge is 0.497 e. The highest BCUT2D eigenvalue weighted by atomic mass is 32.2. The lowest BCUT2D eigenvalue weighted by Gasteiger charge is -2.10. The normalized spacial score (nSPS) is 11.1. The molecule has 0 radical (unpaired) electrons. The number of carbonyl (C=O) groups is 1. The van der Waals surface area contributed by atoms with Crippen molar-refractivity contribution in [3.05, 3.63) is 53.8 Å². The molecule has 2 aromatic carbocycles. The maximum Gasteiger partial charge on any atom is 0.241 e. The lowest BCUT2D eigenvalue weighted by Crippen LogP contribution is -2.33. The van der Waals surface area contributed by atoms with Crippen LogP contribution in [0.4, 0.5) is 10.1 Å². The number of rotatable bonds is 6. The maximum atomic E-state index is 13.0. The highest BCUT2D eigenvalue weighted by Gasteiger charge is 2.16. The summed E-state index contributed by atoms with van der Waals surface area (Å²) in [7, 11) is -2.34. The second-order valence-corrected chi connectivity index (χ2v) is 6.77. The summed E-state index contributed by atoms with van der Waals surface area (Å²) in [5, 5.41) is 2.53. The maximum absolute atomic E-state index is 13.0. The van der Waals surface area contributed by atoms with E-state index in [1.54, 1.807) is 6.92 Å². The number of sulfonamides is 1. The summed E-state index contributed by atoms with van der Waals surface area (Å²) >= 11 is 0. The lowest BCUT2D eigenvalue weighted by molar-refractivity contribution is -0.115. The molecule has 6 nitrogen and oxygen atoms in total. The van der Waals surface area contributed by atoms with Gasteiger partial charge in [-0.2, -0.15) is 0 Å². The predicted molar refractivity (Wildman–Crippen MR) is 87.9 cm³/mol. The standard InChI is InChI=1S/C16H17FN2O4S/c1-11-9-12(17)3-8-15(11)19-16(20)10-18-24(21,22)14-6-4-13(23-2)5-7-14/h3-9,18H,10H2,1-2H3,(H,19,20). The quantitative estimate of drug-likeness (QED) is 0.833. The molecule has 2 aromatic rings. The number of ether oxygens (including phenoxy) is 1. The van der Waals surface area contributed by atoms with Crippen LogP contribution in [0.25, 0.3) is 0 Å². The fraction of sp³-hybridized carbons (Fsp3) is 0.188. The minimum Gasteiger partial charge on any atom is -0.497 e. The SMILES string of the molecule is COc1ccc(S(=O)(=O)NCC(=O)Nc2ccc(F)cc2C)cc1. The number of nitrogens with one attached hydrogen (secondary N) is 2. The van der Waals surface area contributed by atoms with Gasteiger partial charge in [0, 0.05) is 5.69 Å². The van der Waals surface area contributed by atoms with E-state index in [2.05, 4.69) is 10.0 Å². The average molecular weight is 352 g/mol. The Bertz CT molecular complexity index is 836. The van der Waals surface area contributed by atoms with E-state index in [0.717, 1.165) is 0 Å². The number of amides is 1. The third-order valence-corrected chi connectivity index (χ3v) is 4.67. The van der Waals surface area contributed by atoms with Crippen molar-refractivity contribution in [3.8, 4) is 5.75 Å². The molecule has 0 aliphatic rings. The zero-order chi connectivity index (χ0) is 17.7. The van der Waals surface area contributed by atoms with Crippen molar-refractivity contribution in [2.75, 3.05) is 19.0 Å². The molecule has 0 unspecified atom stereocenters. The lowest BCUT2D eigenvalue weighted by atomic mass is 10.2. The second kappa shape index (κ2) is 7.41. The molecule has 0 spiro atoms. The highest BCUT2D eigenvalue weighted by Crippen LogP contribution is 2.16. The molecule has 0 saturated heterocycles. The number of carbonyl (C=O) groups excluding carboxylic acids is 1. The Morgan fingerprint density at radius 2 is 1.83 bits per heavy atom. The number of benzene rings is 2. The number of aryl methyl sites for hydroxylation is 1. The summed E-state index contributed by atoms with van der Waals surface area (Å²) < 4.78 is 44.4. The topological polar surface area (TPSA) is 84.5 Å². The summed E-state index contributed by atoms with van der Waals surface area (Å²) in [5.41, 5.74) is 0.964. The first-order valence-electron chi connectivity index (χ1n) is 7.01. The van der Waals surface area contributed by atoms with Crippen LogP contribution in [0.3, 0.4) is 0 Å².